The number of anilines is 1. The van der Waals surface area contributed by atoms with Crippen LogP contribution in [0.5, 0.6) is 0 Å². The first-order valence-electron chi connectivity index (χ1n) is 9.67. The number of nitrogens with zero attached hydrogens (tertiary/aromatic N) is 5. The van der Waals surface area contributed by atoms with Crippen LogP contribution in [-0.4, -0.2) is 58.4 Å². The van der Waals surface area contributed by atoms with E-state index in [1.807, 2.05) is 35.8 Å². The molecule has 2 amide bonds. The first-order valence-corrected chi connectivity index (χ1v) is 9.67. The van der Waals surface area contributed by atoms with E-state index in [0.717, 1.165) is 44.0 Å². The van der Waals surface area contributed by atoms with Gasteiger partial charge in [-0.2, -0.15) is 5.10 Å². The number of hydrogen-bond donors (Lipinski definition) is 1. The molecule has 1 atom stereocenters. The van der Waals surface area contributed by atoms with E-state index < -0.39 is 0 Å². The minimum Gasteiger partial charge on any atom is -0.369 e. The number of amides is 2. The molecule has 2 aromatic rings. The Morgan fingerprint density at radius 2 is 2.04 bits per heavy atom. The lowest BCUT2D eigenvalue weighted by atomic mass is 10.2. The van der Waals surface area contributed by atoms with Crippen LogP contribution in [0.3, 0.4) is 0 Å². The summed E-state index contributed by atoms with van der Waals surface area (Å²) in [7, 11) is 0. The van der Waals surface area contributed by atoms with E-state index >= 15 is 0 Å². The first kappa shape index (κ1) is 19.2. The fourth-order valence-electron chi connectivity index (χ4n) is 3.71. The molecule has 7 heteroatoms. The van der Waals surface area contributed by atoms with Crippen molar-refractivity contribution in [2.45, 2.75) is 40.2 Å². The minimum atomic E-state index is 0.0108. The number of carbonyl (C=O) groups is 1. The molecule has 1 fully saturated rings. The SMILES string of the molecule is Cc1cc(C)n(C(C)CNC(=O)N2CCCN(c3ccncc3C)CC2)n1. The van der Waals surface area contributed by atoms with E-state index in [2.05, 4.69) is 46.3 Å². The molecule has 0 saturated carbocycles. The molecule has 3 rings (SSSR count). The zero-order valence-corrected chi connectivity index (χ0v) is 16.8. The Morgan fingerprint density at radius 1 is 1.22 bits per heavy atom. The zero-order chi connectivity index (χ0) is 19.4. The van der Waals surface area contributed by atoms with E-state index in [4.69, 9.17) is 0 Å². The van der Waals surface area contributed by atoms with Gasteiger partial charge in [0, 0.05) is 56.5 Å². The lowest BCUT2D eigenvalue weighted by molar-refractivity contribution is 0.199. The summed E-state index contributed by atoms with van der Waals surface area (Å²) in [4.78, 5) is 21.1. The van der Waals surface area contributed by atoms with Crippen LogP contribution in [0.15, 0.2) is 24.5 Å². The third kappa shape index (κ3) is 4.59. The topological polar surface area (TPSA) is 66.3 Å². The number of urea groups is 1. The van der Waals surface area contributed by atoms with Crippen molar-refractivity contribution < 1.29 is 4.79 Å². The average Bonchev–Trinajstić information content (AvgIpc) is 2.84. The van der Waals surface area contributed by atoms with Gasteiger partial charge in [-0.3, -0.25) is 9.67 Å². The third-order valence-corrected chi connectivity index (χ3v) is 5.13. The van der Waals surface area contributed by atoms with Crippen LogP contribution >= 0.6 is 0 Å². The molecule has 0 spiro atoms. The number of carbonyl (C=O) groups excluding carboxylic acids is 1. The van der Waals surface area contributed by atoms with Gasteiger partial charge in [-0.05, 0) is 51.8 Å². The summed E-state index contributed by atoms with van der Waals surface area (Å²) in [5.41, 5.74) is 4.51. The normalized spacial score (nSPS) is 16.1. The van der Waals surface area contributed by atoms with E-state index in [-0.39, 0.29) is 12.1 Å². The predicted octanol–water partition coefficient (Wildman–Crippen LogP) is 2.69. The molecule has 0 aromatic carbocycles. The Hall–Kier alpha value is -2.57. The molecule has 2 aromatic heterocycles. The minimum absolute atomic E-state index is 0.0108. The highest BCUT2D eigenvalue weighted by Crippen LogP contribution is 2.20. The molecule has 7 nitrogen and oxygen atoms in total. The van der Waals surface area contributed by atoms with Gasteiger partial charge in [0.05, 0.1) is 11.7 Å². The van der Waals surface area contributed by atoms with Crippen LogP contribution in [0.1, 0.15) is 36.3 Å². The summed E-state index contributed by atoms with van der Waals surface area (Å²) >= 11 is 0. The first-order chi connectivity index (χ1) is 13.0. The van der Waals surface area contributed by atoms with Crippen molar-refractivity contribution in [1.82, 2.24) is 25.0 Å². The molecular weight excluding hydrogens is 340 g/mol. The molecule has 1 saturated heterocycles. The second-order valence-electron chi connectivity index (χ2n) is 7.40. The van der Waals surface area contributed by atoms with Gasteiger partial charge in [-0.15, -0.1) is 0 Å². The molecule has 0 aliphatic carbocycles. The van der Waals surface area contributed by atoms with E-state index in [0.29, 0.717) is 6.54 Å². The number of pyridine rings is 1. The van der Waals surface area contributed by atoms with Gasteiger partial charge >= 0.3 is 6.03 Å². The Labute approximate surface area is 161 Å². The number of nitrogens with one attached hydrogen (secondary N) is 1. The van der Waals surface area contributed by atoms with Gasteiger partial charge in [0.2, 0.25) is 0 Å². The third-order valence-electron chi connectivity index (χ3n) is 5.13. The second-order valence-corrected chi connectivity index (χ2v) is 7.40. The lowest BCUT2D eigenvalue weighted by Crippen LogP contribution is -2.43. The fourth-order valence-corrected chi connectivity index (χ4v) is 3.71. The summed E-state index contributed by atoms with van der Waals surface area (Å²) in [5.74, 6) is 0. The van der Waals surface area contributed by atoms with Crippen LogP contribution in [0.25, 0.3) is 0 Å². The van der Waals surface area contributed by atoms with Crippen molar-refractivity contribution in [1.29, 1.82) is 0 Å². The molecule has 3 heterocycles. The maximum absolute atomic E-state index is 12.6. The Kier molecular flexibility index (Phi) is 5.98. The molecular formula is C20H30N6O. The van der Waals surface area contributed by atoms with Crippen molar-refractivity contribution in [2.24, 2.45) is 0 Å². The van der Waals surface area contributed by atoms with Gasteiger partial charge in [0.25, 0.3) is 0 Å². The van der Waals surface area contributed by atoms with Crippen LogP contribution in [0.4, 0.5) is 10.5 Å². The predicted molar refractivity (Wildman–Crippen MR) is 107 cm³/mol. The van der Waals surface area contributed by atoms with Gasteiger partial charge in [0.15, 0.2) is 0 Å². The van der Waals surface area contributed by atoms with Gasteiger partial charge in [0.1, 0.15) is 0 Å². The maximum atomic E-state index is 12.6. The van der Waals surface area contributed by atoms with Crippen LogP contribution in [-0.2, 0) is 0 Å². The number of rotatable bonds is 4. The summed E-state index contributed by atoms with van der Waals surface area (Å²) in [6, 6.07) is 4.26. The van der Waals surface area contributed by atoms with Crippen LogP contribution < -0.4 is 10.2 Å². The molecule has 1 unspecified atom stereocenters. The monoisotopic (exact) mass is 370 g/mol. The quantitative estimate of drug-likeness (QED) is 0.899. The summed E-state index contributed by atoms with van der Waals surface area (Å²) < 4.78 is 1.98. The zero-order valence-electron chi connectivity index (χ0n) is 16.8. The molecule has 0 bridgehead atoms. The van der Waals surface area contributed by atoms with Crippen molar-refractivity contribution in [3.8, 4) is 0 Å². The maximum Gasteiger partial charge on any atom is 0.317 e. The smallest absolute Gasteiger partial charge is 0.317 e. The fraction of sp³-hybridized carbons (Fsp3) is 0.550. The average molecular weight is 371 g/mol. The van der Waals surface area contributed by atoms with Gasteiger partial charge in [-0.1, -0.05) is 0 Å². The Balaban J connectivity index is 1.53. The summed E-state index contributed by atoms with van der Waals surface area (Å²) in [6.07, 6.45) is 4.69. The van der Waals surface area contributed by atoms with Crippen LogP contribution in [0, 0.1) is 20.8 Å². The van der Waals surface area contributed by atoms with E-state index in [1.54, 1.807) is 0 Å². The van der Waals surface area contributed by atoms with Crippen molar-refractivity contribution >= 4 is 11.7 Å². The highest BCUT2D eigenvalue weighted by atomic mass is 16.2. The molecule has 1 aliphatic rings. The molecule has 146 valence electrons. The highest BCUT2D eigenvalue weighted by Gasteiger charge is 2.20. The molecule has 27 heavy (non-hydrogen) atoms. The van der Waals surface area contributed by atoms with E-state index in [9.17, 15) is 4.79 Å². The molecule has 0 radical (unpaired) electrons. The second kappa shape index (κ2) is 8.41. The molecule has 1 aliphatic heterocycles. The van der Waals surface area contributed by atoms with Crippen molar-refractivity contribution in [3.63, 3.8) is 0 Å². The van der Waals surface area contributed by atoms with Gasteiger partial charge in [-0.25, -0.2) is 4.79 Å². The summed E-state index contributed by atoms with van der Waals surface area (Å²) in [5, 5.41) is 7.59. The van der Waals surface area contributed by atoms with Crippen molar-refractivity contribution in [2.75, 3.05) is 37.6 Å². The number of aryl methyl sites for hydroxylation is 3. The molecule has 1 N–H and O–H groups in total. The Morgan fingerprint density at radius 3 is 2.74 bits per heavy atom. The summed E-state index contributed by atoms with van der Waals surface area (Å²) in [6.45, 7) is 12.1. The largest absolute Gasteiger partial charge is 0.369 e. The standard InChI is InChI=1S/C20H30N6O/c1-15-13-21-7-6-19(15)24-8-5-9-25(11-10-24)20(27)22-14-18(4)26-17(3)12-16(2)23-26/h6-7,12-13,18H,5,8-11,14H2,1-4H3,(H,22,27). The van der Waals surface area contributed by atoms with Crippen LogP contribution in [0.2, 0.25) is 0 Å². The van der Waals surface area contributed by atoms with Crippen molar-refractivity contribution in [3.05, 3.63) is 41.5 Å². The van der Waals surface area contributed by atoms with Gasteiger partial charge < -0.3 is 15.1 Å². The lowest BCUT2D eigenvalue weighted by Gasteiger charge is -2.25. The van der Waals surface area contributed by atoms with E-state index in [1.165, 1.54) is 11.3 Å². The number of aromatic nitrogens is 3. The Bertz CT molecular complexity index is 787. The highest BCUT2D eigenvalue weighted by molar-refractivity contribution is 5.74. The number of hydrogen-bond acceptors (Lipinski definition) is 4.